The van der Waals surface area contributed by atoms with Gasteiger partial charge in [0, 0.05) is 11.5 Å². The van der Waals surface area contributed by atoms with Crippen LogP contribution in [0, 0.1) is 13.8 Å². The fourth-order valence-electron chi connectivity index (χ4n) is 2.27. The Labute approximate surface area is 142 Å². The number of thiazole rings is 1. The van der Waals surface area contributed by atoms with E-state index in [2.05, 4.69) is 10.3 Å². The number of fused-ring (bicyclic) bond motifs is 1. The van der Waals surface area contributed by atoms with E-state index < -0.39 is 0 Å². The van der Waals surface area contributed by atoms with Gasteiger partial charge in [0.05, 0.1) is 28.2 Å². The number of nitrogens with one attached hydrogen (secondary N) is 1. The summed E-state index contributed by atoms with van der Waals surface area (Å²) in [4.78, 5) is 28.6. The van der Waals surface area contributed by atoms with E-state index in [1.165, 1.54) is 29.8 Å². The molecule has 2 heterocycles. The van der Waals surface area contributed by atoms with Crippen molar-refractivity contribution in [2.45, 2.75) is 20.4 Å². The summed E-state index contributed by atoms with van der Waals surface area (Å²) >= 11 is 1.54. The Balaban J connectivity index is 1.74. The quantitative estimate of drug-likeness (QED) is 0.740. The molecule has 122 valence electrons. The lowest BCUT2D eigenvalue weighted by Gasteiger charge is -2.00. The van der Waals surface area contributed by atoms with E-state index in [0.717, 1.165) is 16.3 Å². The molecule has 0 atom stereocenters. The number of hydrogen-bond acceptors (Lipinski definition) is 5. The third kappa shape index (κ3) is 3.60. The monoisotopic (exact) mass is 340 g/mol. The first-order valence-corrected chi connectivity index (χ1v) is 8.30. The van der Waals surface area contributed by atoms with Gasteiger partial charge in [-0.2, -0.15) is 0 Å². The van der Waals surface area contributed by atoms with Crippen molar-refractivity contribution in [2.75, 3.05) is 0 Å². The van der Waals surface area contributed by atoms with Crippen molar-refractivity contribution in [3.63, 3.8) is 0 Å². The summed E-state index contributed by atoms with van der Waals surface area (Å²) in [6.07, 6.45) is 4.16. The zero-order valence-electron chi connectivity index (χ0n) is 13.3. The molecule has 0 spiro atoms. The highest BCUT2D eigenvalue weighted by Gasteiger charge is 2.06. The Morgan fingerprint density at radius 1 is 1.38 bits per heavy atom. The van der Waals surface area contributed by atoms with Crippen molar-refractivity contribution in [3.05, 3.63) is 68.0 Å². The van der Waals surface area contributed by atoms with Crippen LogP contribution in [0.1, 0.15) is 21.8 Å². The van der Waals surface area contributed by atoms with Gasteiger partial charge in [-0.1, -0.05) is 11.6 Å². The highest BCUT2D eigenvalue weighted by molar-refractivity contribution is 7.09. The van der Waals surface area contributed by atoms with Gasteiger partial charge in [0.1, 0.15) is 11.8 Å². The van der Waals surface area contributed by atoms with Crippen molar-refractivity contribution in [2.24, 2.45) is 0 Å². The summed E-state index contributed by atoms with van der Waals surface area (Å²) in [6, 6.07) is 5.43. The van der Waals surface area contributed by atoms with Crippen molar-refractivity contribution in [1.82, 2.24) is 10.3 Å². The van der Waals surface area contributed by atoms with E-state index in [-0.39, 0.29) is 11.3 Å². The smallest absolute Gasteiger partial charge is 0.244 e. The fraction of sp³-hybridized carbons (Fsp3) is 0.167. The van der Waals surface area contributed by atoms with Crippen LogP contribution in [0.4, 0.5) is 0 Å². The van der Waals surface area contributed by atoms with Gasteiger partial charge in [0.2, 0.25) is 5.91 Å². The molecule has 3 rings (SSSR count). The molecule has 0 fully saturated rings. The van der Waals surface area contributed by atoms with Crippen molar-refractivity contribution < 1.29 is 9.21 Å². The molecule has 0 radical (unpaired) electrons. The number of nitrogens with zero attached hydrogens (tertiary/aromatic N) is 1. The minimum Gasteiger partial charge on any atom is -0.463 e. The molecule has 0 bridgehead atoms. The molecule has 0 aliphatic rings. The lowest BCUT2D eigenvalue weighted by Crippen LogP contribution is -2.20. The molecular weight excluding hydrogens is 324 g/mol. The van der Waals surface area contributed by atoms with Crippen LogP contribution in [0.5, 0.6) is 0 Å². The van der Waals surface area contributed by atoms with Crippen LogP contribution in [-0.4, -0.2) is 10.9 Å². The van der Waals surface area contributed by atoms with Crippen LogP contribution in [0.25, 0.3) is 17.0 Å². The van der Waals surface area contributed by atoms with Crippen LogP contribution in [0.3, 0.4) is 0 Å². The van der Waals surface area contributed by atoms with Gasteiger partial charge >= 0.3 is 0 Å². The van der Waals surface area contributed by atoms with E-state index >= 15 is 0 Å². The van der Waals surface area contributed by atoms with Crippen molar-refractivity contribution in [3.8, 4) is 0 Å². The van der Waals surface area contributed by atoms with Gasteiger partial charge in [-0.15, -0.1) is 11.3 Å². The average Bonchev–Trinajstić information content (AvgIpc) is 2.98. The molecule has 2 aromatic heterocycles. The molecule has 0 saturated heterocycles. The maximum atomic E-state index is 12.4. The molecule has 0 aliphatic carbocycles. The third-order valence-electron chi connectivity index (χ3n) is 3.48. The molecule has 0 unspecified atom stereocenters. The summed E-state index contributed by atoms with van der Waals surface area (Å²) in [5.74, 6) is -0.288. The summed E-state index contributed by atoms with van der Waals surface area (Å²) in [7, 11) is 0. The lowest BCUT2D eigenvalue weighted by molar-refractivity contribution is -0.116. The zero-order valence-corrected chi connectivity index (χ0v) is 14.1. The molecule has 0 saturated carbocycles. The predicted molar refractivity (Wildman–Crippen MR) is 95.0 cm³/mol. The average molecular weight is 340 g/mol. The molecule has 3 aromatic rings. The Kier molecular flexibility index (Phi) is 4.57. The maximum Gasteiger partial charge on any atom is 0.244 e. The molecule has 1 N–H and O–H groups in total. The number of rotatable bonds is 4. The number of benzene rings is 1. The predicted octanol–water partition coefficient (Wildman–Crippen LogP) is 3.20. The molecule has 5 nitrogen and oxygen atoms in total. The van der Waals surface area contributed by atoms with Crippen LogP contribution >= 0.6 is 11.3 Å². The Morgan fingerprint density at radius 3 is 2.96 bits per heavy atom. The molecule has 1 amide bonds. The maximum absolute atomic E-state index is 12.4. The second-order valence-electron chi connectivity index (χ2n) is 5.43. The standard InChI is InChI=1S/C18H16N2O3S/c1-11-3-5-16-15(7-11)18(22)13(9-23-16)4-6-17(21)19-8-14-10-24-12(2)20-14/h3-7,9-10H,8H2,1-2H3,(H,19,21)/b6-4+. The largest absolute Gasteiger partial charge is 0.463 e. The number of hydrogen-bond donors (Lipinski definition) is 1. The van der Waals surface area contributed by atoms with E-state index in [0.29, 0.717) is 23.1 Å². The SMILES string of the molecule is Cc1ccc2occ(/C=C/C(=O)NCc3csc(C)n3)c(=O)c2c1. The van der Waals surface area contributed by atoms with E-state index in [9.17, 15) is 9.59 Å². The van der Waals surface area contributed by atoms with Gasteiger partial charge in [-0.3, -0.25) is 9.59 Å². The summed E-state index contributed by atoms with van der Waals surface area (Å²) in [5, 5.41) is 6.10. The normalized spacial score (nSPS) is 11.2. The minimum atomic E-state index is -0.288. The molecule has 0 aliphatic heterocycles. The van der Waals surface area contributed by atoms with Gasteiger partial charge in [0.25, 0.3) is 0 Å². The van der Waals surface area contributed by atoms with Gasteiger partial charge < -0.3 is 9.73 Å². The number of amides is 1. The Morgan fingerprint density at radius 2 is 2.21 bits per heavy atom. The van der Waals surface area contributed by atoms with Crippen LogP contribution in [-0.2, 0) is 11.3 Å². The van der Waals surface area contributed by atoms with Gasteiger partial charge in [-0.05, 0) is 32.1 Å². The van der Waals surface area contributed by atoms with Crippen molar-refractivity contribution in [1.29, 1.82) is 0 Å². The second-order valence-corrected chi connectivity index (χ2v) is 6.49. The third-order valence-corrected chi connectivity index (χ3v) is 4.30. The number of aromatic nitrogens is 1. The van der Waals surface area contributed by atoms with E-state index in [4.69, 9.17) is 4.42 Å². The molecular formula is C18H16N2O3S. The van der Waals surface area contributed by atoms with Gasteiger partial charge in [0.15, 0.2) is 5.43 Å². The highest BCUT2D eigenvalue weighted by Crippen LogP contribution is 2.13. The lowest BCUT2D eigenvalue weighted by atomic mass is 10.1. The number of carbonyl (C=O) groups is 1. The molecule has 24 heavy (non-hydrogen) atoms. The zero-order chi connectivity index (χ0) is 17.1. The van der Waals surface area contributed by atoms with Gasteiger partial charge in [-0.25, -0.2) is 4.98 Å². The summed E-state index contributed by atoms with van der Waals surface area (Å²) < 4.78 is 5.45. The van der Waals surface area contributed by atoms with Crippen LogP contribution in [0.2, 0.25) is 0 Å². The minimum absolute atomic E-state index is 0.154. The van der Waals surface area contributed by atoms with Crippen molar-refractivity contribution >= 4 is 34.3 Å². The fourth-order valence-corrected chi connectivity index (χ4v) is 2.88. The second kappa shape index (κ2) is 6.80. The highest BCUT2D eigenvalue weighted by atomic mass is 32.1. The number of carbonyl (C=O) groups excluding carboxylic acids is 1. The first kappa shape index (κ1) is 16.1. The first-order chi connectivity index (χ1) is 11.5. The number of aryl methyl sites for hydroxylation is 2. The van der Waals surface area contributed by atoms with E-state index in [1.807, 2.05) is 25.3 Å². The van der Waals surface area contributed by atoms with Crippen LogP contribution in [0.15, 0.2) is 45.1 Å². The molecule has 6 heteroatoms. The van der Waals surface area contributed by atoms with Crippen LogP contribution < -0.4 is 10.7 Å². The summed E-state index contributed by atoms with van der Waals surface area (Å²) in [5.41, 5.74) is 2.52. The van der Waals surface area contributed by atoms with E-state index in [1.54, 1.807) is 12.1 Å². The molecule has 1 aromatic carbocycles. The topological polar surface area (TPSA) is 72.2 Å². The first-order valence-electron chi connectivity index (χ1n) is 7.42. The Hall–Kier alpha value is -2.73. The Bertz CT molecular complexity index is 985. The summed E-state index contributed by atoms with van der Waals surface area (Å²) in [6.45, 7) is 4.19.